The Balaban J connectivity index is 2.11. The third-order valence-electron chi connectivity index (χ3n) is 3.21. The summed E-state index contributed by atoms with van der Waals surface area (Å²) in [5.41, 5.74) is 4.19. The highest BCUT2D eigenvalue weighted by Crippen LogP contribution is 2.25. The Labute approximate surface area is 128 Å². The second-order valence-corrected chi connectivity index (χ2v) is 7.36. The number of sulfonamides is 1. The maximum Gasteiger partial charge on any atom is 0.238 e. The zero-order chi connectivity index (χ0) is 15.6. The molecule has 0 bridgehead atoms. The molecule has 2 N–H and O–H groups in total. The molecule has 0 saturated carbocycles. The minimum absolute atomic E-state index is 0.144. The molecule has 0 unspecified atom stereocenters. The van der Waals surface area contributed by atoms with Crippen molar-refractivity contribution in [2.75, 3.05) is 6.61 Å². The average molecular weight is 326 g/mol. The number of nitrogens with two attached hydrogens (primary N) is 1. The first-order chi connectivity index (χ1) is 9.79. The van der Waals surface area contributed by atoms with Crippen LogP contribution in [-0.4, -0.2) is 20.0 Å². The van der Waals surface area contributed by atoms with Crippen LogP contribution in [0.1, 0.15) is 21.7 Å². The summed E-state index contributed by atoms with van der Waals surface area (Å²) in [7, 11) is -3.70. The lowest BCUT2D eigenvalue weighted by atomic mass is 10.1. The molecule has 7 heteroatoms. The zero-order valence-electron chi connectivity index (χ0n) is 12.2. The van der Waals surface area contributed by atoms with E-state index in [1.165, 1.54) is 4.88 Å². The van der Waals surface area contributed by atoms with Crippen molar-refractivity contribution in [1.82, 2.24) is 4.98 Å². The van der Waals surface area contributed by atoms with Gasteiger partial charge >= 0.3 is 0 Å². The number of aromatic nitrogens is 1. The topological polar surface area (TPSA) is 82.3 Å². The fraction of sp³-hybridized carbons (Fsp3) is 0.357. The Kier molecular flexibility index (Phi) is 4.65. The van der Waals surface area contributed by atoms with Gasteiger partial charge in [-0.3, -0.25) is 0 Å². The van der Waals surface area contributed by atoms with Gasteiger partial charge in [0.05, 0.1) is 22.7 Å². The van der Waals surface area contributed by atoms with Gasteiger partial charge in [0, 0.05) is 11.3 Å². The molecular formula is C14H18N2O3S2. The van der Waals surface area contributed by atoms with E-state index in [1.54, 1.807) is 37.3 Å². The van der Waals surface area contributed by atoms with Gasteiger partial charge in [0.25, 0.3) is 0 Å². The van der Waals surface area contributed by atoms with Crippen LogP contribution >= 0.6 is 11.3 Å². The SMILES string of the molecule is Cc1cc(S(N)(=O)=O)c(C)cc1OCCc1scnc1C. The van der Waals surface area contributed by atoms with E-state index in [0.29, 0.717) is 17.9 Å². The summed E-state index contributed by atoms with van der Waals surface area (Å²) >= 11 is 1.61. The Morgan fingerprint density at radius 1 is 1.24 bits per heavy atom. The molecule has 0 aliphatic rings. The van der Waals surface area contributed by atoms with Crippen LogP contribution in [0, 0.1) is 20.8 Å². The van der Waals surface area contributed by atoms with Gasteiger partial charge < -0.3 is 4.74 Å². The summed E-state index contributed by atoms with van der Waals surface area (Å²) in [6.45, 7) is 6.01. The first-order valence-electron chi connectivity index (χ1n) is 6.45. The van der Waals surface area contributed by atoms with Gasteiger partial charge in [-0.15, -0.1) is 11.3 Å². The maximum atomic E-state index is 11.5. The van der Waals surface area contributed by atoms with E-state index in [4.69, 9.17) is 9.88 Å². The number of nitrogens with zero attached hydrogens (tertiary/aromatic N) is 1. The second-order valence-electron chi connectivity index (χ2n) is 4.89. The molecule has 0 radical (unpaired) electrons. The molecule has 114 valence electrons. The highest BCUT2D eigenvalue weighted by Gasteiger charge is 2.14. The molecule has 0 amide bonds. The van der Waals surface area contributed by atoms with Crippen LogP contribution in [0.5, 0.6) is 5.75 Å². The van der Waals surface area contributed by atoms with Crippen LogP contribution in [-0.2, 0) is 16.4 Å². The number of hydrogen-bond donors (Lipinski definition) is 1. The van der Waals surface area contributed by atoms with Crippen molar-refractivity contribution in [3.8, 4) is 5.75 Å². The predicted octanol–water partition coefficient (Wildman–Crippen LogP) is 2.34. The molecule has 1 heterocycles. The molecule has 2 aromatic rings. The van der Waals surface area contributed by atoms with Crippen molar-refractivity contribution in [3.05, 3.63) is 39.3 Å². The molecule has 0 spiro atoms. The van der Waals surface area contributed by atoms with E-state index in [9.17, 15) is 8.42 Å². The Hall–Kier alpha value is -1.44. The number of rotatable bonds is 5. The van der Waals surface area contributed by atoms with E-state index in [-0.39, 0.29) is 4.90 Å². The lowest BCUT2D eigenvalue weighted by Crippen LogP contribution is -2.14. The van der Waals surface area contributed by atoms with E-state index in [0.717, 1.165) is 17.7 Å². The molecule has 2 rings (SSSR count). The Morgan fingerprint density at radius 2 is 1.95 bits per heavy atom. The van der Waals surface area contributed by atoms with E-state index >= 15 is 0 Å². The number of benzene rings is 1. The largest absolute Gasteiger partial charge is 0.493 e. The van der Waals surface area contributed by atoms with Crippen LogP contribution in [0.2, 0.25) is 0 Å². The summed E-state index contributed by atoms with van der Waals surface area (Å²) in [6.07, 6.45) is 0.784. The first kappa shape index (κ1) is 15.9. The number of aryl methyl sites for hydroxylation is 3. The van der Waals surface area contributed by atoms with Crippen molar-refractivity contribution < 1.29 is 13.2 Å². The standard InChI is InChI=1S/C14H18N2O3S2/c1-9-7-14(21(15,17)18)10(2)6-12(9)19-5-4-13-11(3)16-8-20-13/h6-8H,4-5H2,1-3H3,(H2,15,17,18). The highest BCUT2D eigenvalue weighted by atomic mass is 32.2. The normalized spacial score (nSPS) is 11.6. The predicted molar refractivity (Wildman–Crippen MR) is 83.3 cm³/mol. The molecule has 0 aliphatic heterocycles. The number of thiazole rings is 1. The second kappa shape index (κ2) is 6.13. The fourth-order valence-corrected chi connectivity index (χ4v) is 3.66. The van der Waals surface area contributed by atoms with Crippen LogP contribution < -0.4 is 9.88 Å². The molecule has 0 fully saturated rings. The van der Waals surface area contributed by atoms with Crippen LogP contribution in [0.25, 0.3) is 0 Å². The highest BCUT2D eigenvalue weighted by molar-refractivity contribution is 7.89. The van der Waals surface area contributed by atoms with Gasteiger partial charge in [-0.1, -0.05) is 0 Å². The van der Waals surface area contributed by atoms with Crippen LogP contribution in [0.4, 0.5) is 0 Å². The monoisotopic (exact) mass is 326 g/mol. The van der Waals surface area contributed by atoms with Gasteiger partial charge in [0.1, 0.15) is 5.75 Å². The molecule has 0 aliphatic carbocycles. The molecule has 1 aromatic heterocycles. The van der Waals surface area contributed by atoms with Crippen molar-refractivity contribution in [1.29, 1.82) is 0 Å². The van der Waals surface area contributed by atoms with E-state index < -0.39 is 10.0 Å². The first-order valence-corrected chi connectivity index (χ1v) is 8.87. The summed E-state index contributed by atoms with van der Waals surface area (Å²) < 4.78 is 28.7. The maximum absolute atomic E-state index is 11.5. The summed E-state index contributed by atoms with van der Waals surface area (Å²) in [5, 5.41) is 5.18. The number of primary sulfonamides is 1. The van der Waals surface area contributed by atoms with Gasteiger partial charge in [-0.05, 0) is 44.0 Å². The lowest BCUT2D eigenvalue weighted by Gasteiger charge is -2.12. The minimum Gasteiger partial charge on any atom is -0.493 e. The van der Waals surface area contributed by atoms with Gasteiger partial charge in [0.15, 0.2) is 0 Å². The minimum atomic E-state index is -3.70. The lowest BCUT2D eigenvalue weighted by molar-refractivity contribution is 0.320. The quantitative estimate of drug-likeness (QED) is 0.914. The van der Waals surface area contributed by atoms with Crippen molar-refractivity contribution in [3.63, 3.8) is 0 Å². The summed E-state index contributed by atoms with van der Waals surface area (Å²) in [4.78, 5) is 5.54. The smallest absolute Gasteiger partial charge is 0.238 e. The Bertz CT molecular complexity index is 752. The van der Waals surface area contributed by atoms with Crippen molar-refractivity contribution in [2.45, 2.75) is 32.1 Å². The third-order valence-corrected chi connectivity index (χ3v) is 5.26. The number of ether oxygens (including phenoxy) is 1. The average Bonchev–Trinajstić information content (AvgIpc) is 2.77. The molecular weight excluding hydrogens is 308 g/mol. The van der Waals surface area contributed by atoms with Crippen LogP contribution in [0.3, 0.4) is 0 Å². The Morgan fingerprint density at radius 3 is 2.52 bits per heavy atom. The fourth-order valence-electron chi connectivity index (χ4n) is 2.05. The van der Waals surface area contributed by atoms with E-state index in [2.05, 4.69) is 4.98 Å². The van der Waals surface area contributed by atoms with Gasteiger partial charge in [-0.2, -0.15) is 0 Å². The molecule has 5 nitrogen and oxygen atoms in total. The zero-order valence-corrected chi connectivity index (χ0v) is 13.8. The van der Waals surface area contributed by atoms with Gasteiger partial charge in [0.2, 0.25) is 10.0 Å². The van der Waals surface area contributed by atoms with Crippen molar-refractivity contribution in [2.24, 2.45) is 5.14 Å². The van der Waals surface area contributed by atoms with Crippen molar-refractivity contribution >= 4 is 21.4 Å². The molecule has 0 atom stereocenters. The van der Waals surface area contributed by atoms with Gasteiger partial charge in [-0.25, -0.2) is 18.5 Å². The van der Waals surface area contributed by atoms with Crippen LogP contribution in [0.15, 0.2) is 22.5 Å². The molecule has 21 heavy (non-hydrogen) atoms. The van der Waals surface area contributed by atoms with E-state index in [1.807, 2.05) is 12.4 Å². The molecule has 1 aromatic carbocycles. The number of hydrogen-bond acceptors (Lipinski definition) is 5. The third kappa shape index (κ3) is 3.81. The summed E-state index contributed by atoms with van der Waals surface area (Å²) in [6, 6.07) is 3.27. The molecule has 0 saturated heterocycles. The summed E-state index contributed by atoms with van der Waals surface area (Å²) in [5.74, 6) is 0.682.